The van der Waals surface area contributed by atoms with E-state index in [1.807, 2.05) is 0 Å². The highest BCUT2D eigenvalue weighted by atomic mass is 79.9. The molecule has 0 aromatic heterocycles. The van der Waals surface area contributed by atoms with Gasteiger partial charge in [-0.25, -0.2) is 0 Å². The van der Waals surface area contributed by atoms with Gasteiger partial charge in [-0.05, 0) is 23.2 Å². The summed E-state index contributed by atoms with van der Waals surface area (Å²) >= 11 is 3.49. The van der Waals surface area contributed by atoms with E-state index in [1.165, 1.54) is 4.48 Å². The Labute approximate surface area is 64.4 Å². The molecule has 1 aliphatic rings. The van der Waals surface area contributed by atoms with E-state index >= 15 is 0 Å². The second-order valence-electron chi connectivity index (χ2n) is 2.72. The first-order valence-electron chi connectivity index (χ1n) is 3.31. The highest BCUT2D eigenvalue weighted by Crippen LogP contribution is 2.27. The van der Waals surface area contributed by atoms with E-state index in [9.17, 15) is 0 Å². The summed E-state index contributed by atoms with van der Waals surface area (Å²) in [5, 5.41) is 0. The van der Waals surface area contributed by atoms with E-state index in [-0.39, 0.29) is 0 Å². The number of halogens is 1. The Kier molecular flexibility index (Phi) is 2.30. The standard InChI is InChI=1S/C7H12BrN/c1-5-4-6(9)2-3-7(5)8/h3,5-6H,2,4,9H2,1H3. The van der Waals surface area contributed by atoms with Crippen LogP contribution in [-0.2, 0) is 0 Å². The molecule has 0 heterocycles. The van der Waals surface area contributed by atoms with Gasteiger partial charge in [0.2, 0.25) is 0 Å². The lowest BCUT2D eigenvalue weighted by molar-refractivity contribution is 0.506. The SMILES string of the molecule is CC1CC(N)CC=C1Br. The summed E-state index contributed by atoms with van der Waals surface area (Å²) in [6, 6.07) is 0.390. The van der Waals surface area contributed by atoms with Crippen LogP contribution < -0.4 is 5.73 Å². The normalized spacial score (nSPS) is 36.1. The lowest BCUT2D eigenvalue weighted by Gasteiger charge is -2.20. The van der Waals surface area contributed by atoms with E-state index in [0.29, 0.717) is 12.0 Å². The molecule has 0 aliphatic heterocycles. The lowest BCUT2D eigenvalue weighted by Crippen LogP contribution is -2.25. The van der Waals surface area contributed by atoms with Crippen molar-refractivity contribution in [1.82, 2.24) is 0 Å². The van der Waals surface area contributed by atoms with Crippen LogP contribution in [0, 0.1) is 5.92 Å². The topological polar surface area (TPSA) is 26.0 Å². The third kappa shape index (κ3) is 1.80. The number of allylic oxidation sites excluding steroid dienone is 1. The Bertz CT molecular complexity index is 131. The monoisotopic (exact) mass is 189 g/mol. The van der Waals surface area contributed by atoms with Gasteiger partial charge in [0.1, 0.15) is 0 Å². The molecule has 2 N–H and O–H groups in total. The van der Waals surface area contributed by atoms with Gasteiger partial charge in [0.25, 0.3) is 0 Å². The first-order chi connectivity index (χ1) is 4.20. The van der Waals surface area contributed by atoms with Crippen LogP contribution in [0.25, 0.3) is 0 Å². The average molecular weight is 190 g/mol. The fourth-order valence-electron chi connectivity index (χ4n) is 1.13. The van der Waals surface area contributed by atoms with E-state index in [0.717, 1.165) is 12.8 Å². The van der Waals surface area contributed by atoms with Gasteiger partial charge >= 0.3 is 0 Å². The first kappa shape index (κ1) is 7.29. The smallest absolute Gasteiger partial charge is 0.00797 e. The minimum atomic E-state index is 0.390. The van der Waals surface area contributed by atoms with Crippen molar-refractivity contribution in [2.45, 2.75) is 25.8 Å². The maximum absolute atomic E-state index is 5.72. The summed E-state index contributed by atoms with van der Waals surface area (Å²) in [6.07, 6.45) is 4.33. The average Bonchev–Trinajstić information content (AvgIpc) is 1.80. The fraction of sp³-hybridized carbons (Fsp3) is 0.714. The molecule has 0 saturated heterocycles. The van der Waals surface area contributed by atoms with Gasteiger partial charge in [-0.1, -0.05) is 28.9 Å². The zero-order valence-electron chi connectivity index (χ0n) is 5.60. The molecule has 1 aliphatic carbocycles. The Balaban J connectivity index is 2.56. The number of rotatable bonds is 0. The molecule has 0 saturated carbocycles. The molecule has 2 unspecified atom stereocenters. The van der Waals surface area contributed by atoms with Gasteiger partial charge in [0.15, 0.2) is 0 Å². The molecule has 0 aromatic carbocycles. The minimum absolute atomic E-state index is 0.390. The van der Waals surface area contributed by atoms with Crippen molar-refractivity contribution in [3.63, 3.8) is 0 Å². The van der Waals surface area contributed by atoms with Crippen LogP contribution in [-0.4, -0.2) is 6.04 Å². The largest absolute Gasteiger partial charge is 0.327 e. The van der Waals surface area contributed by atoms with Crippen LogP contribution in [0.5, 0.6) is 0 Å². The number of hydrogen-bond donors (Lipinski definition) is 1. The van der Waals surface area contributed by atoms with Gasteiger partial charge < -0.3 is 5.73 Å². The zero-order valence-corrected chi connectivity index (χ0v) is 7.19. The maximum atomic E-state index is 5.72. The zero-order chi connectivity index (χ0) is 6.85. The molecule has 0 fully saturated rings. The Hall–Kier alpha value is 0.180. The lowest BCUT2D eigenvalue weighted by atomic mass is 9.94. The van der Waals surface area contributed by atoms with Crippen LogP contribution in [0.3, 0.4) is 0 Å². The van der Waals surface area contributed by atoms with Crippen molar-refractivity contribution in [3.8, 4) is 0 Å². The van der Waals surface area contributed by atoms with Crippen LogP contribution in [0.2, 0.25) is 0 Å². The van der Waals surface area contributed by atoms with Crippen LogP contribution in [0.1, 0.15) is 19.8 Å². The molecule has 9 heavy (non-hydrogen) atoms. The van der Waals surface area contributed by atoms with Crippen LogP contribution in [0.4, 0.5) is 0 Å². The van der Waals surface area contributed by atoms with Gasteiger partial charge in [-0.2, -0.15) is 0 Å². The van der Waals surface area contributed by atoms with Crippen molar-refractivity contribution in [3.05, 3.63) is 10.6 Å². The van der Waals surface area contributed by atoms with Crippen molar-refractivity contribution >= 4 is 15.9 Å². The van der Waals surface area contributed by atoms with E-state index < -0.39 is 0 Å². The molecule has 0 aromatic rings. The van der Waals surface area contributed by atoms with Gasteiger partial charge in [-0.15, -0.1) is 0 Å². The maximum Gasteiger partial charge on any atom is 0.00797 e. The molecular weight excluding hydrogens is 178 g/mol. The van der Waals surface area contributed by atoms with Gasteiger partial charge in [0, 0.05) is 6.04 Å². The summed E-state index contributed by atoms with van der Waals surface area (Å²) < 4.78 is 1.32. The molecule has 1 nitrogen and oxygen atoms in total. The molecule has 2 atom stereocenters. The predicted molar refractivity (Wildman–Crippen MR) is 43.4 cm³/mol. The predicted octanol–water partition coefficient (Wildman–Crippen LogP) is 2.02. The van der Waals surface area contributed by atoms with E-state index in [2.05, 4.69) is 28.9 Å². The molecular formula is C7H12BrN. The Morgan fingerprint density at radius 2 is 2.44 bits per heavy atom. The molecule has 0 spiro atoms. The highest BCUT2D eigenvalue weighted by Gasteiger charge is 2.15. The summed E-state index contributed by atoms with van der Waals surface area (Å²) in [5.41, 5.74) is 5.72. The molecule has 0 bridgehead atoms. The number of nitrogens with two attached hydrogens (primary N) is 1. The summed E-state index contributed by atoms with van der Waals surface area (Å²) in [7, 11) is 0. The van der Waals surface area contributed by atoms with Gasteiger partial charge in [0.05, 0.1) is 0 Å². The minimum Gasteiger partial charge on any atom is -0.327 e. The summed E-state index contributed by atoms with van der Waals surface area (Å²) in [6.45, 7) is 2.19. The molecule has 2 heteroatoms. The summed E-state index contributed by atoms with van der Waals surface area (Å²) in [5.74, 6) is 0.633. The van der Waals surface area contributed by atoms with Crippen LogP contribution in [0.15, 0.2) is 10.6 Å². The first-order valence-corrected chi connectivity index (χ1v) is 4.10. The van der Waals surface area contributed by atoms with Gasteiger partial charge in [-0.3, -0.25) is 0 Å². The quantitative estimate of drug-likeness (QED) is 0.621. The van der Waals surface area contributed by atoms with Crippen LogP contribution >= 0.6 is 15.9 Å². The highest BCUT2D eigenvalue weighted by molar-refractivity contribution is 9.11. The third-order valence-electron chi connectivity index (χ3n) is 1.74. The number of hydrogen-bond acceptors (Lipinski definition) is 1. The van der Waals surface area contributed by atoms with Crippen molar-refractivity contribution in [2.75, 3.05) is 0 Å². The molecule has 1 rings (SSSR count). The second kappa shape index (κ2) is 2.84. The molecule has 0 radical (unpaired) electrons. The Morgan fingerprint density at radius 1 is 1.78 bits per heavy atom. The van der Waals surface area contributed by atoms with E-state index in [1.54, 1.807) is 0 Å². The Morgan fingerprint density at radius 3 is 2.89 bits per heavy atom. The molecule has 0 amide bonds. The van der Waals surface area contributed by atoms with Crippen molar-refractivity contribution in [2.24, 2.45) is 11.7 Å². The van der Waals surface area contributed by atoms with E-state index in [4.69, 9.17) is 5.73 Å². The fourth-order valence-corrected chi connectivity index (χ4v) is 1.50. The molecule has 52 valence electrons. The second-order valence-corrected chi connectivity index (χ2v) is 3.64. The van der Waals surface area contributed by atoms with Crippen molar-refractivity contribution in [1.29, 1.82) is 0 Å². The third-order valence-corrected chi connectivity index (χ3v) is 2.85. The summed E-state index contributed by atoms with van der Waals surface area (Å²) in [4.78, 5) is 0. The van der Waals surface area contributed by atoms with Crippen molar-refractivity contribution < 1.29 is 0 Å².